The van der Waals surface area contributed by atoms with Gasteiger partial charge in [-0.25, -0.2) is 0 Å². The monoisotopic (exact) mass is 324 g/mol. The van der Waals surface area contributed by atoms with Crippen LogP contribution in [-0.4, -0.2) is 17.1 Å². The molecule has 1 saturated carbocycles. The highest BCUT2D eigenvalue weighted by Gasteiger charge is 2.15. The fraction of sp³-hybridized carbons (Fsp3) is 0.500. The van der Waals surface area contributed by atoms with Crippen LogP contribution in [0.1, 0.15) is 44.1 Å². The smallest absolute Gasteiger partial charge is 0.226 e. The standard InChI is InChI=1S/C16H21ClN2OS/c17-14-9-5-4-6-12(14)10-11-15(20)19-16(21)18-13-7-2-1-3-8-13/h4-6,9,13H,1-3,7-8,10-11H2,(H2,18,19,20,21). The van der Waals surface area contributed by atoms with Crippen molar-refractivity contribution >= 4 is 34.8 Å². The summed E-state index contributed by atoms with van der Waals surface area (Å²) in [5, 5.41) is 7.14. The van der Waals surface area contributed by atoms with Gasteiger partial charge in [-0.3, -0.25) is 4.79 Å². The van der Waals surface area contributed by atoms with Crippen molar-refractivity contribution < 1.29 is 4.79 Å². The summed E-state index contributed by atoms with van der Waals surface area (Å²) in [5.74, 6) is -0.0665. The summed E-state index contributed by atoms with van der Waals surface area (Å²) < 4.78 is 0. The molecular weight excluding hydrogens is 304 g/mol. The average Bonchev–Trinajstić information content (AvgIpc) is 2.47. The van der Waals surface area contributed by atoms with E-state index in [2.05, 4.69) is 10.6 Å². The molecule has 0 aliphatic heterocycles. The summed E-state index contributed by atoms with van der Waals surface area (Å²) in [6.45, 7) is 0. The van der Waals surface area contributed by atoms with Crippen LogP contribution in [0.2, 0.25) is 5.02 Å². The van der Waals surface area contributed by atoms with E-state index in [1.807, 2.05) is 24.3 Å². The van der Waals surface area contributed by atoms with Crippen molar-refractivity contribution in [2.45, 2.75) is 51.0 Å². The molecule has 0 bridgehead atoms. The van der Waals surface area contributed by atoms with Gasteiger partial charge in [-0.05, 0) is 43.1 Å². The topological polar surface area (TPSA) is 41.1 Å². The third kappa shape index (κ3) is 5.64. The molecule has 1 amide bonds. The van der Waals surface area contributed by atoms with Gasteiger partial charge in [0.1, 0.15) is 0 Å². The fourth-order valence-corrected chi connectivity index (χ4v) is 3.12. The Kier molecular flexibility index (Phi) is 6.46. The molecule has 0 spiro atoms. The molecule has 2 N–H and O–H groups in total. The first-order valence-electron chi connectivity index (χ1n) is 7.49. The number of carbonyl (C=O) groups is 1. The molecule has 114 valence electrons. The number of thiocarbonyl (C=S) groups is 1. The number of amides is 1. The molecular formula is C16H21ClN2OS. The quantitative estimate of drug-likeness (QED) is 0.831. The van der Waals surface area contributed by atoms with Crippen molar-refractivity contribution in [3.8, 4) is 0 Å². The zero-order chi connectivity index (χ0) is 15.1. The Morgan fingerprint density at radius 2 is 1.95 bits per heavy atom. The van der Waals surface area contributed by atoms with E-state index in [4.69, 9.17) is 23.8 Å². The SMILES string of the molecule is O=C(CCc1ccccc1Cl)NC(=S)NC1CCCCC1. The molecule has 1 aliphatic rings. The lowest BCUT2D eigenvalue weighted by Gasteiger charge is -2.24. The number of halogens is 1. The maximum atomic E-state index is 11.9. The first kappa shape index (κ1) is 16.2. The molecule has 0 radical (unpaired) electrons. The van der Waals surface area contributed by atoms with Gasteiger partial charge >= 0.3 is 0 Å². The lowest BCUT2D eigenvalue weighted by molar-refractivity contribution is -0.119. The van der Waals surface area contributed by atoms with Gasteiger partial charge in [0.05, 0.1) is 0 Å². The van der Waals surface area contributed by atoms with Crippen LogP contribution in [0.25, 0.3) is 0 Å². The average molecular weight is 325 g/mol. The van der Waals surface area contributed by atoms with Gasteiger partial charge in [-0.2, -0.15) is 0 Å². The van der Waals surface area contributed by atoms with Crippen LogP contribution in [0.5, 0.6) is 0 Å². The van der Waals surface area contributed by atoms with E-state index in [-0.39, 0.29) is 5.91 Å². The van der Waals surface area contributed by atoms with Crippen LogP contribution in [-0.2, 0) is 11.2 Å². The van der Waals surface area contributed by atoms with Crippen LogP contribution in [0, 0.1) is 0 Å². The third-order valence-electron chi connectivity index (χ3n) is 3.77. The minimum atomic E-state index is -0.0665. The predicted molar refractivity (Wildman–Crippen MR) is 90.5 cm³/mol. The lowest BCUT2D eigenvalue weighted by atomic mass is 9.96. The first-order chi connectivity index (χ1) is 10.1. The Balaban J connectivity index is 1.71. The Bertz CT molecular complexity index is 501. The van der Waals surface area contributed by atoms with Crippen molar-refractivity contribution in [1.29, 1.82) is 0 Å². The molecule has 1 aromatic rings. The molecule has 2 rings (SSSR count). The maximum Gasteiger partial charge on any atom is 0.226 e. The molecule has 3 nitrogen and oxygen atoms in total. The van der Waals surface area contributed by atoms with E-state index >= 15 is 0 Å². The Morgan fingerprint density at radius 3 is 2.67 bits per heavy atom. The van der Waals surface area contributed by atoms with Crippen molar-refractivity contribution in [1.82, 2.24) is 10.6 Å². The number of benzene rings is 1. The van der Waals surface area contributed by atoms with Gasteiger partial charge in [0, 0.05) is 17.5 Å². The number of hydrogen-bond donors (Lipinski definition) is 2. The van der Waals surface area contributed by atoms with Gasteiger partial charge in [0.15, 0.2) is 5.11 Å². The highest BCUT2D eigenvalue weighted by Crippen LogP contribution is 2.17. The Labute approximate surface area is 136 Å². The second kappa shape index (κ2) is 8.35. The predicted octanol–water partition coefficient (Wildman–Crippen LogP) is 3.60. The normalized spacial score (nSPS) is 15.5. The zero-order valence-electron chi connectivity index (χ0n) is 12.0. The van der Waals surface area contributed by atoms with Gasteiger partial charge in [0.25, 0.3) is 0 Å². The Morgan fingerprint density at radius 1 is 1.24 bits per heavy atom. The minimum absolute atomic E-state index is 0.0665. The molecule has 0 heterocycles. The summed E-state index contributed by atoms with van der Waals surface area (Å²) in [7, 11) is 0. The molecule has 0 saturated heterocycles. The zero-order valence-corrected chi connectivity index (χ0v) is 13.6. The van der Waals surface area contributed by atoms with Crippen molar-refractivity contribution in [2.24, 2.45) is 0 Å². The van der Waals surface area contributed by atoms with Gasteiger partial charge in [-0.1, -0.05) is 49.1 Å². The molecule has 0 atom stereocenters. The van der Waals surface area contributed by atoms with E-state index in [1.54, 1.807) is 0 Å². The molecule has 1 fully saturated rings. The minimum Gasteiger partial charge on any atom is -0.360 e. The van der Waals surface area contributed by atoms with Crippen LogP contribution in [0.3, 0.4) is 0 Å². The van der Waals surface area contributed by atoms with Gasteiger partial charge < -0.3 is 10.6 Å². The van der Waals surface area contributed by atoms with E-state index in [0.717, 1.165) is 18.4 Å². The van der Waals surface area contributed by atoms with E-state index in [9.17, 15) is 4.79 Å². The van der Waals surface area contributed by atoms with Gasteiger partial charge in [-0.15, -0.1) is 0 Å². The largest absolute Gasteiger partial charge is 0.360 e. The van der Waals surface area contributed by atoms with Gasteiger partial charge in [0.2, 0.25) is 5.91 Å². The summed E-state index contributed by atoms with van der Waals surface area (Å²) >= 11 is 11.3. The van der Waals surface area contributed by atoms with Crippen LogP contribution in [0.4, 0.5) is 0 Å². The number of hydrogen-bond acceptors (Lipinski definition) is 2. The number of carbonyl (C=O) groups excluding carboxylic acids is 1. The van der Waals surface area contributed by atoms with Crippen molar-refractivity contribution in [3.63, 3.8) is 0 Å². The highest BCUT2D eigenvalue weighted by atomic mass is 35.5. The van der Waals surface area contributed by atoms with Crippen molar-refractivity contribution in [2.75, 3.05) is 0 Å². The first-order valence-corrected chi connectivity index (χ1v) is 8.27. The number of nitrogens with one attached hydrogen (secondary N) is 2. The van der Waals surface area contributed by atoms with E-state index < -0.39 is 0 Å². The summed E-state index contributed by atoms with van der Waals surface area (Å²) in [5.41, 5.74) is 0.987. The summed E-state index contributed by atoms with van der Waals surface area (Å²) in [4.78, 5) is 11.9. The molecule has 0 unspecified atom stereocenters. The highest BCUT2D eigenvalue weighted by molar-refractivity contribution is 7.80. The molecule has 21 heavy (non-hydrogen) atoms. The van der Waals surface area contributed by atoms with Crippen LogP contribution < -0.4 is 10.6 Å². The van der Waals surface area contributed by atoms with Crippen LogP contribution >= 0.6 is 23.8 Å². The molecule has 1 aromatic carbocycles. The number of rotatable bonds is 4. The molecule has 5 heteroatoms. The number of aryl methyl sites for hydroxylation is 1. The van der Waals surface area contributed by atoms with Crippen LogP contribution in [0.15, 0.2) is 24.3 Å². The molecule has 1 aliphatic carbocycles. The third-order valence-corrected chi connectivity index (χ3v) is 4.36. The molecule has 0 aromatic heterocycles. The van der Waals surface area contributed by atoms with E-state index in [0.29, 0.717) is 29.0 Å². The fourth-order valence-electron chi connectivity index (χ4n) is 2.61. The Hall–Kier alpha value is -1.13. The summed E-state index contributed by atoms with van der Waals surface area (Å²) in [6.07, 6.45) is 7.05. The van der Waals surface area contributed by atoms with Crippen molar-refractivity contribution in [3.05, 3.63) is 34.9 Å². The summed E-state index contributed by atoms with van der Waals surface area (Å²) in [6, 6.07) is 8.00. The lowest BCUT2D eigenvalue weighted by Crippen LogP contribution is -2.45. The maximum absolute atomic E-state index is 11.9. The second-order valence-electron chi connectivity index (χ2n) is 5.45. The van der Waals surface area contributed by atoms with E-state index in [1.165, 1.54) is 19.3 Å². The second-order valence-corrected chi connectivity index (χ2v) is 6.26.